The van der Waals surface area contributed by atoms with E-state index in [4.69, 9.17) is 0 Å². The minimum Gasteiger partial charge on any atom is -0.130 e. The van der Waals surface area contributed by atoms with Gasteiger partial charge in [0, 0.05) is 9.81 Å². The molecule has 0 radical (unpaired) electrons. The summed E-state index contributed by atoms with van der Waals surface area (Å²) in [6.07, 6.45) is 3.32. The Labute approximate surface area is 115 Å². The number of thioether (sulfide) groups is 2. The normalized spacial score (nSPS) is 13.4. The molecule has 0 fully saturated rings. The summed E-state index contributed by atoms with van der Waals surface area (Å²) in [5.74, 6) is 1.17. The molecule has 0 heterocycles. The molecule has 2 heteroatoms. The second kappa shape index (κ2) is 8.71. The summed E-state index contributed by atoms with van der Waals surface area (Å²) in [5.41, 5.74) is 2.25. The number of allylic oxidation sites excluding steroid dienone is 4. The van der Waals surface area contributed by atoms with Crippen molar-refractivity contribution >= 4 is 23.5 Å². The molecule has 0 atom stereocenters. The van der Waals surface area contributed by atoms with Crippen LogP contribution in [0.4, 0.5) is 0 Å². The highest BCUT2D eigenvalue weighted by atomic mass is 32.2. The fraction of sp³-hybridized carbons (Fsp3) is 0.467. The Hall–Kier alpha value is -0.340. The van der Waals surface area contributed by atoms with Gasteiger partial charge in [-0.1, -0.05) is 37.9 Å². The number of hydrogen-bond acceptors (Lipinski definition) is 2. The zero-order chi connectivity index (χ0) is 13.4. The van der Waals surface area contributed by atoms with Gasteiger partial charge < -0.3 is 0 Å². The van der Waals surface area contributed by atoms with E-state index in [9.17, 15) is 0 Å². The van der Waals surface area contributed by atoms with Gasteiger partial charge in [-0.05, 0) is 55.9 Å². The third-order valence-electron chi connectivity index (χ3n) is 2.12. The van der Waals surface area contributed by atoms with Crippen LogP contribution in [0.3, 0.4) is 0 Å². The first-order valence-corrected chi connectivity index (χ1v) is 7.73. The van der Waals surface area contributed by atoms with Gasteiger partial charge in [0.25, 0.3) is 0 Å². The fourth-order valence-electron chi connectivity index (χ4n) is 1.28. The molecule has 0 aliphatic heterocycles. The second-order valence-corrected chi connectivity index (χ2v) is 6.41. The van der Waals surface area contributed by atoms with E-state index in [0.29, 0.717) is 0 Å². The van der Waals surface area contributed by atoms with Crippen molar-refractivity contribution in [3.8, 4) is 0 Å². The lowest BCUT2D eigenvalue weighted by Gasteiger charge is -2.13. The van der Waals surface area contributed by atoms with Gasteiger partial charge in [-0.3, -0.25) is 0 Å². The first-order valence-electron chi connectivity index (χ1n) is 5.93. The predicted molar refractivity (Wildman–Crippen MR) is 86.4 cm³/mol. The van der Waals surface area contributed by atoms with Crippen molar-refractivity contribution in [1.29, 1.82) is 0 Å². The second-order valence-electron chi connectivity index (χ2n) is 4.05. The average Bonchev–Trinajstić information content (AvgIpc) is 2.26. The van der Waals surface area contributed by atoms with Crippen molar-refractivity contribution in [3.63, 3.8) is 0 Å². The van der Waals surface area contributed by atoms with E-state index in [1.807, 2.05) is 18.7 Å². The molecule has 0 bridgehead atoms. The van der Waals surface area contributed by atoms with E-state index in [1.165, 1.54) is 26.9 Å². The number of rotatable bonds is 7. The smallest absolute Gasteiger partial charge is 0.0237 e. The molecule has 0 nitrogen and oxygen atoms in total. The summed E-state index contributed by atoms with van der Waals surface area (Å²) in [4.78, 5) is 3.89. The third kappa shape index (κ3) is 6.23. The maximum absolute atomic E-state index is 4.08. The molecule has 96 valence electrons. The van der Waals surface area contributed by atoms with Crippen LogP contribution < -0.4 is 0 Å². The largest absolute Gasteiger partial charge is 0.130 e. The van der Waals surface area contributed by atoms with E-state index in [2.05, 4.69) is 46.9 Å². The predicted octanol–water partition coefficient (Wildman–Crippen LogP) is 6.15. The summed E-state index contributed by atoms with van der Waals surface area (Å²) in [7, 11) is 0. The maximum Gasteiger partial charge on any atom is 0.0237 e. The molecule has 0 saturated heterocycles. The molecule has 0 N–H and O–H groups in total. The van der Waals surface area contributed by atoms with Crippen LogP contribution in [0.25, 0.3) is 0 Å². The molecule has 17 heavy (non-hydrogen) atoms. The van der Waals surface area contributed by atoms with Gasteiger partial charge in [0.2, 0.25) is 0 Å². The zero-order valence-corrected chi connectivity index (χ0v) is 13.4. The van der Waals surface area contributed by atoms with Gasteiger partial charge in [0.15, 0.2) is 0 Å². The lowest BCUT2D eigenvalue weighted by Crippen LogP contribution is -1.87. The lowest BCUT2D eigenvalue weighted by atomic mass is 10.3. The van der Waals surface area contributed by atoms with Gasteiger partial charge in [-0.25, -0.2) is 0 Å². The SMILES string of the molecule is C=C(C)/C(=C\C)S/C(C(=C)C)=C(\C)SCCC. The van der Waals surface area contributed by atoms with Crippen LogP contribution >= 0.6 is 23.5 Å². The molecule has 0 aromatic heterocycles. The maximum atomic E-state index is 4.08. The van der Waals surface area contributed by atoms with Crippen molar-refractivity contribution in [3.05, 3.63) is 45.1 Å². The van der Waals surface area contributed by atoms with Crippen LogP contribution in [0.15, 0.2) is 45.1 Å². The molecular weight excluding hydrogens is 244 g/mol. The Bertz CT molecular complexity index is 346. The van der Waals surface area contributed by atoms with Crippen molar-refractivity contribution in [2.24, 2.45) is 0 Å². The van der Waals surface area contributed by atoms with E-state index in [-0.39, 0.29) is 0 Å². The molecule has 0 spiro atoms. The molecule has 0 saturated carbocycles. The minimum absolute atomic E-state index is 1.12. The molecule has 0 aliphatic rings. The Morgan fingerprint density at radius 2 is 1.71 bits per heavy atom. The summed E-state index contributed by atoms with van der Waals surface area (Å²) in [5, 5.41) is 0. The van der Waals surface area contributed by atoms with Crippen molar-refractivity contribution in [1.82, 2.24) is 0 Å². The van der Waals surface area contributed by atoms with Crippen molar-refractivity contribution < 1.29 is 0 Å². The van der Waals surface area contributed by atoms with Gasteiger partial charge in [0.05, 0.1) is 0 Å². The van der Waals surface area contributed by atoms with Crippen molar-refractivity contribution in [2.75, 3.05) is 5.75 Å². The van der Waals surface area contributed by atoms with Gasteiger partial charge >= 0.3 is 0 Å². The van der Waals surface area contributed by atoms with Gasteiger partial charge in [-0.15, -0.1) is 11.8 Å². The summed E-state index contributed by atoms with van der Waals surface area (Å²) >= 11 is 3.70. The molecular formula is C15H24S2. The molecule has 0 aromatic carbocycles. The third-order valence-corrected chi connectivity index (χ3v) is 5.17. The van der Waals surface area contributed by atoms with E-state index >= 15 is 0 Å². The van der Waals surface area contributed by atoms with E-state index < -0.39 is 0 Å². The quantitative estimate of drug-likeness (QED) is 0.508. The fourth-order valence-corrected chi connectivity index (χ4v) is 3.23. The topological polar surface area (TPSA) is 0 Å². The monoisotopic (exact) mass is 268 g/mol. The Morgan fingerprint density at radius 3 is 2.06 bits per heavy atom. The van der Waals surface area contributed by atoms with Gasteiger partial charge in [0.1, 0.15) is 0 Å². The van der Waals surface area contributed by atoms with Crippen LogP contribution in [0.2, 0.25) is 0 Å². The van der Waals surface area contributed by atoms with Crippen LogP contribution in [-0.2, 0) is 0 Å². The van der Waals surface area contributed by atoms with Crippen LogP contribution in [0, 0.1) is 0 Å². The highest BCUT2D eigenvalue weighted by molar-refractivity contribution is 8.09. The van der Waals surface area contributed by atoms with E-state index in [0.717, 1.165) is 11.1 Å². The van der Waals surface area contributed by atoms with Crippen LogP contribution in [-0.4, -0.2) is 5.75 Å². The molecule has 0 aromatic rings. The Kier molecular flexibility index (Phi) is 8.53. The highest BCUT2D eigenvalue weighted by Gasteiger charge is 2.08. The molecule has 0 aliphatic carbocycles. The average molecular weight is 268 g/mol. The summed E-state index contributed by atoms with van der Waals surface area (Å²) in [6, 6.07) is 0. The Morgan fingerprint density at radius 1 is 1.12 bits per heavy atom. The van der Waals surface area contributed by atoms with Crippen molar-refractivity contribution in [2.45, 2.75) is 41.0 Å². The molecule has 0 unspecified atom stereocenters. The summed E-state index contributed by atoms with van der Waals surface area (Å²) in [6.45, 7) is 18.7. The summed E-state index contributed by atoms with van der Waals surface area (Å²) < 4.78 is 0. The van der Waals surface area contributed by atoms with Gasteiger partial charge in [-0.2, -0.15) is 0 Å². The highest BCUT2D eigenvalue weighted by Crippen LogP contribution is 2.38. The number of hydrogen-bond donors (Lipinski definition) is 0. The first-order chi connectivity index (χ1) is 7.93. The first kappa shape index (κ1) is 16.7. The molecule has 0 rings (SSSR count). The minimum atomic E-state index is 1.12. The van der Waals surface area contributed by atoms with Crippen LogP contribution in [0.5, 0.6) is 0 Å². The Balaban J connectivity index is 4.99. The van der Waals surface area contributed by atoms with Crippen LogP contribution in [0.1, 0.15) is 41.0 Å². The standard InChI is InChI=1S/C15H24S2/c1-8-10-16-13(7)15(12(5)6)17-14(9-2)11(3)4/h9H,3,5,8,10H2,1-2,4,6-7H3/b14-9+,15-13+. The van der Waals surface area contributed by atoms with E-state index in [1.54, 1.807) is 11.8 Å². The zero-order valence-electron chi connectivity index (χ0n) is 11.7. The lowest BCUT2D eigenvalue weighted by molar-refractivity contribution is 1.11. The molecule has 0 amide bonds.